The standard InChI is InChI=1S/C12H14F3N5/c1-16-10(7-11-17-19-20(2)18-11)8-3-5-9(6-4-8)12(13,14)15/h3-6,10,16H,7H2,1-2H3. The molecule has 0 amide bonds. The van der Waals surface area contributed by atoms with Gasteiger partial charge in [0.15, 0.2) is 5.82 Å². The van der Waals surface area contributed by atoms with E-state index in [1.807, 2.05) is 0 Å². The summed E-state index contributed by atoms with van der Waals surface area (Å²) in [6.07, 6.45) is -3.87. The predicted molar refractivity (Wildman–Crippen MR) is 65.7 cm³/mol. The second kappa shape index (κ2) is 5.58. The van der Waals surface area contributed by atoms with Gasteiger partial charge in [0.05, 0.1) is 12.6 Å². The van der Waals surface area contributed by atoms with Crippen LogP contribution in [0.15, 0.2) is 24.3 Å². The smallest absolute Gasteiger partial charge is 0.313 e. The molecule has 0 radical (unpaired) electrons. The molecule has 0 spiro atoms. The highest BCUT2D eigenvalue weighted by atomic mass is 19.4. The normalized spacial score (nSPS) is 13.4. The summed E-state index contributed by atoms with van der Waals surface area (Å²) < 4.78 is 37.5. The highest BCUT2D eigenvalue weighted by molar-refractivity contribution is 5.27. The van der Waals surface area contributed by atoms with Gasteiger partial charge in [-0.2, -0.15) is 18.0 Å². The zero-order valence-corrected chi connectivity index (χ0v) is 11.0. The first-order valence-corrected chi connectivity index (χ1v) is 5.97. The summed E-state index contributed by atoms with van der Waals surface area (Å²) in [5.74, 6) is 0.534. The van der Waals surface area contributed by atoms with Gasteiger partial charge in [-0.3, -0.25) is 0 Å². The topological polar surface area (TPSA) is 55.6 Å². The molecule has 108 valence electrons. The molecule has 0 saturated heterocycles. The van der Waals surface area contributed by atoms with Crippen LogP contribution in [0.3, 0.4) is 0 Å². The van der Waals surface area contributed by atoms with Crippen LogP contribution in [0, 0.1) is 0 Å². The predicted octanol–water partition coefficient (Wildman–Crippen LogP) is 1.73. The van der Waals surface area contributed by atoms with Gasteiger partial charge >= 0.3 is 6.18 Å². The number of tetrazole rings is 1. The van der Waals surface area contributed by atoms with E-state index in [0.717, 1.165) is 17.7 Å². The number of likely N-dealkylation sites (N-methyl/N-ethyl adjacent to an activating group) is 1. The van der Waals surface area contributed by atoms with Crippen LogP contribution in [-0.2, 0) is 19.6 Å². The van der Waals surface area contributed by atoms with Crippen molar-refractivity contribution in [2.24, 2.45) is 7.05 Å². The Hall–Kier alpha value is -1.96. The van der Waals surface area contributed by atoms with E-state index in [4.69, 9.17) is 0 Å². The fourth-order valence-electron chi connectivity index (χ4n) is 1.88. The molecule has 1 N–H and O–H groups in total. The van der Waals surface area contributed by atoms with Gasteiger partial charge in [-0.25, -0.2) is 0 Å². The summed E-state index contributed by atoms with van der Waals surface area (Å²) in [5, 5.41) is 14.7. The second-order valence-corrected chi connectivity index (χ2v) is 4.36. The molecule has 8 heteroatoms. The van der Waals surface area contributed by atoms with E-state index in [-0.39, 0.29) is 6.04 Å². The van der Waals surface area contributed by atoms with Crippen LogP contribution in [0.5, 0.6) is 0 Å². The number of rotatable bonds is 4. The van der Waals surface area contributed by atoms with Crippen LogP contribution in [0.25, 0.3) is 0 Å². The molecule has 0 aliphatic carbocycles. The van der Waals surface area contributed by atoms with Crippen molar-refractivity contribution >= 4 is 0 Å². The fourth-order valence-corrected chi connectivity index (χ4v) is 1.88. The molecule has 1 aromatic heterocycles. The van der Waals surface area contributed by atoms with E-state index >= 15 is 0 Å². The third-order valence-corrected chi connectivity index (χ3v) is 2.93. The molecule has 0 fully saturated rings. The summed E-state index contributed by atoms with van der Waals surface area (Å²) in [7, 11) is 3.39. The van der Waals surface area contributed by atoms with Gasteiger partial charge in [0.2, 0.25) is 0 Å². The van der Waals surface area contributed by atoms with E-state index in [9.17, 15) is 13.2 Å². The molecule has 1 heterocycles. The van der Waals surface area contributed by atoms with Crippen molar-refractivity contribution in [2.45, 2.75) is 18.6 Å². The summed E-state index contributed by atoms with van der Waals surface area (Å²) in [6.45, 7) is 0. The van der Waals surface area contributed by atoms with Crippen LogP contribution in [0.2, 0.25) is 0 Å². The van der Waals surface area contributed by atoms with Gasteiger partial charge in [-0.15, -0.1) is 10.2 Å². The Balaban J connectivity index is 2.15. The minimum absolute atomic E-state index is 0.165. The molecule has 2 aromatic rings. The number of alkyl halides is 3. The summed E-state index contributed by atoms with van der Waals surface area (Å²) >= 11 is 0. The molecule has 5 nitrogen and oxygen atoms in total. The van der Waals surface area contributed by atoms with E-state index in [1.54, 1.807) is 14.1 Å². The SMILES string of the molecule is CNC(Cc1nnn(C)n1)c1ccc(C(F)(F)F)cc1. The highest BCUT2D eigenvalue weighted by Gasteiger charge is 2.30. The summed E-state index contributed by atoms with van der Waals surface area (Å²) in [5.41, 5.74) is 0.0849. The van der Waals surface area contributed by atoms with E-state index in [0.29, 0.717) is 12.2 Å². The lowest BCUT2D eigenvalue weighted by Gasteiger charge is -2.15. The van der Waals surface area contributed by atoms with Crippen molar-refractivity contribution < 1.29 is 13.2 Å². The zero-order chi connectivity index (χ0) is 14.8. The average molecular weight is 285 g/mol. The molecule has 0 saturated carbocycles. The van der Waals surface area contributed by atoms with Gasteiger partial charge in [0.1, 0.15) is 0 Å². The number of nitrogens with zero attached hydrogens (tertiary/aromatic N) is 4. The van der Waals surface area contributed by atoms with E-state index in [1.165, 1.54) is 16.9 Å². The first kappa shape index (κ1) is 14.4. The Labute approximate surface area is 113 Å². The molecule has 1 unspecified atom stereocenters. The lowest BCUT2D eigenvalue weighted by molar-refractivity contribution is -0.137. The molecular formula is C12H14F3N5. The Morgan fingerprint density at radius 2 is 1.90 bits per heavy atom. The minimum Gasteiger partial charge on any atom is -0.313 e. The average Bonchev–Trinajstić information content (AvgIpc) is 2.81. The molecule has 0 aliphatic rings. The van der Waals surface area contributed by atoms with E-state index in [2.05, 4.69) is 20.7 Å². The van der Waals surface area contributed by atoms with Crippen molar-refractivity contribution in [3.05, 3.63) is 41.2 Å². The summed E-state index contributed by atoms with van der Waals surface area (Å²) in [4.78, 5) is 1.34. The maximum Gasteiger partial charge on any atom is 0.416 e. The first-order chi connectivity index (χ1) is 9.40. The first-order valence-electron chi connectivity index (χ1n) is 5.97. The number of nitrogens with one attached hydrogen (secondary N) is 1. The highest BCUT2D eigenvalue weighted by Crippen LogP contribution is 2.30. The largest absolute Gasteiger partial charge is 0.416 e. The second-order valence-electron chi connectivity index (χ2n) is 4.36. The lowest BCUT2D eigenvalue weighted by atomic mass is 10.0. The number of hydrogen-bond donors (Lipinski definition) is 1. The van der Waals surface area contributed by atoms with Crippen molar-refractivity contribution in [1.82, 2.24) is 25.5 Å². The molecule has 1 atom stereocenters. The van der Waals surface area contributed by atoms with Crippen molar-refractivity contribution in [3.8, 4) is 0 Å². The molecule has 0 bridgehead atoms. The molecule has 0 aliphatic heterocycles. The van der Waals surface area contributed by atoms with Crippen molar-refractivity contribution in [1.29, 1.82) is 0 Å². The summed E-state index contributed by atoms with van der Waals surface area (Å²) in [6, 6.07) is 4.90. The Bertz CT molecular complexity index is 561. The minimum atomic E-state index is -4.32. The van der Waals surface area contributed by atoms with Gasteiger partial charge in [0.25, 0.3) is 0 Å². The molecular weight excluding hydrogens is 271 g/mol. The molecule has 20 heavy (non-hydrogen) atoms. The maximum atomic E-state index is 12.5. The van der Waals surface area contributed by atoms with Crippen molar-refractivity contribution in [3.63, 3.8) is 0 Å². The van der Waals surface area contributed by atoms with Crippen LogP contribution in [-0.4, -0.2) is 27.3 Å². The van der Waals surface area contributed by atoms with Gasteiger partial charge in [0, 0.05) is 12.5 Å². The van der Waals surface area contributed by atoms with E-state index < -0.39 is 11.7 Å². The van der Waals surface area contributed by atoms with Gasteiger partial charge < -0.3 is 5.32 Å². The lowest BCUT2D eigenvalue weighted by Crippen LogP contribution is -2.19. The number of aryl methyl sites for hydroxylation is 1. The third kappa shape index (κ3) is 3.32. The number of hydrogen-bond acceptors (Lipinski definition) is 4. The number of benzene rings is 1. The number of aromatic nitrogens is 4. The molecule has 1 aromatic carbocycles. The van der Waals surface area contributed by atoms with Gasteiger partial charge in [-0.05, 0) is 30.0 Å². The van der Waals surface area contributed by atoms with Gasteiger partial charge in [-0.1, -0.05) is 12.1 Å². The molecule has 2 rings (SSSR count). The third-order valence-electron chi connectivity index (χ3n) is 2.93. The van der Waals surface area contributed by atoms with Crippen LogP contribution in [0.1, 0.15) is 23.0 Å². The zero-order valence-electron chi connectivity index (χ0n) is 11.0. The monoisotopic (exact) mass is 285 g/mol. The Kier molecular flexibility index (Phi) is 4.03. The van der Waals surface area contributed by atoms with Crippen LogP contribution < -0.4 is 5.32 Å². The van der Waals surface area contributed by atoms with Crippen LogP contribution >= 0.6 is 0 Å². The maximum absolute atomic E-state index is 12.5. The Morgan fingerprint density at radius 3 is 2.35 bits per heavy atom. The fraction of sp³-hybridized carbons (Fsp3) is 0.417. The quantitative estimate of drug-likeness (QED) is 0.929. The van der Waals surface area contributed by atoms with Crippen LogP contribution in [0.4, 0.5) is 13.2 Å². The van der Waals surface area contributed by atoms with Crippen molar-refractivity contribution in [2.75, 3.05) is 7.05 Å². The number of halogens is 3. The Morgan fingerprint density at radius 1 is 1.25 bits per heavy atom.